The second kappa shape index (κ2) is 9.16. The lowest BCUT2D eigenvalue weighted by Gasteiger charge is -2.13. The Balaban J connectivity index is 1.88. The molecule has 3 aromatic rings. The molecule has 11 heteroatoms. The van der Waals surface area contributed by atoms with Crippen molar-refractivity contribution >= 4 is 44.8 Å². The van der Waals surface area contributed by atoms with Crippen LogP contribution in [0.4, 0.5) is 31.8 Å². The Labute approximate surface area is 171 Å². The third kappa shape index (κ3) is 5.19. The molecule has 29 heavy (non-hydrogen) atoms. The topological polar surface area (TPSA) is 96.0 Å². The first kappa shape index (κ1) is 21.0. The molecule has 7 nitrogen and oxygen atoms in total. The van der Waals surface area contributed by atoms with Crippen LogP contribution in [0, 0.1) is 11.6 Å². The van der Waals surface area contributed by atoms with Gasteiger partial charge in [-0.25, -0.2) is 27.7 Å². The maximum atomic E-state index is 13.4. The van der Waals surface area contributed by atoms with Crippen molar-refractivity contribution in [2.24, 2.45) is 0 Å². The number of halogens is 2. The molecule has 0 aliphatic carbocycles. The van der Waals surface area contributed by atoms with Gasteiger partial charge < -0.3 is 10.6 Å². The van der Waals surface area contributed by atoms with Crippen LogP contribution in [-0.4, -0.2) is 31.7 Å². The van der Waals surface area contributed by atoms with Crippen molar-refractivity contribution in [1.29, 1.82) is 0 Å². The summed E-state index contributed by atoms with van der Waals surface area (Å²) in [4.78, 5) is 9.17. The zero-order valence-electron chi connectivity index (χ0n) is 15.4. The number of nitrogens with one attached hydrogen (secondary N) is 3. The molecular formula is C18H17F2N5O2S2. The SMILES string of the molecule is CNS(=O)c1ccc(S(C)=O)c(Nc2cc(Nc3ccc(F)c(F)c3)ncn2)c1. The minimum atomic E-state index is -1.42. The number of hydrogen-bond acceptors (Lipinski definition) is 6. The van der Waals surface area contributed by atoms with Crippen molar-refractivity contribution in [1.82, 2.24) is 14.7 Å². The van der Waals surface area contributed by atoms with Gasteiger partial charge in [0.05, 0.1) is 26.3 Å². The van der Waals surface area contributed by atoms with E-state index in [1.54, 1.807) is 31.3 Å². The first-order valence-corrected chi connectivity index (χ1v) is 11.0. The molecule has 0 aliphatic rings. The summed E-state index contributed by atoms with van der Waals surface area (Å²) in [6, 6.07) is 9.82. The number of anilines is 4. The van der Waals surface area contributed by atoms with Crippen LogP contribution in [0.3, 0.4) is 0 Å². The predicted molar refractivity (Wildman–Crippen MR) is 109 cm³/mol. The number of benzene rings is 2. The average molecular weight is 437 g/mol. The second-order valence-corrected chi connectivity index (χ2v) is 8.52. The third-order valence-electron chi connectivity index (χ3n) is 3.78. The van der Waals surface area contributed by atoms with Crippen molar-refractivity contribution in [3.8, 4) is 0 Å². The average Bonchev–Trinajstić information content (AvgIpc) is 2.70. The largest absolute Gasteiger partial charge is 0.340 e. The molecule has 0 bridgehead atoms. The van der Waals surface area contributed by atoms with Crippen LogP contribution in [0.15, 0.2) is 58.6 Å². The van der Waals surface area contributed by atoms with Gasteiger partial charge in [0.15, 0.2) is 11.6 Å². The molecule has 2 unspecified atom stereocenters. The van der Waals surface area contributed by atoms with E-state index in [2.05, 4.69) is 25.3 Å². The Bertz CT molecular complexity index is 1100. The van der Waals surface area contributed by atoms with Gasteiger partial charge >= 0.3 is 0 Å². The number of aromatic nitrogens is 2. The maximum Gasteiger partial charge on any atom is 0.160 e. The van der Waals surface area contributed by atoms with E-state index in [0.717, 1.165) is 12.1 Å². The van der Waals surface area contributed by atoms with E-state index in [9.17, 15) is 17.2 Å². The highest BCUT2D eigenvalue weighted by atomic mass is 32.2. The Morgan fingerprint density at radius 2 is 1.62 bits per heavy atom. The van der Waals surface area contributed by atoms with E-state index in [1.807, 2.05) is 0 Å². The molecule has 152 valence electrons. The monoisotopic (exact) mass is 437 g/mol. The highest BCUT2D eigenvalue weighted by Crippen LogP contribution is 2.26. The molecule has 0 aliphatic heterocycles. The van der Waals surface area contributed by atoms with Crippen molar-refractivity contribution in [3.05, 3.63) is 60.4 Å². The Morgan fingerprint density at radius 1 is 0.897 bits per heavy atom. The van der Waals surface area contributed by atoms with Crippen LogP contribution in [0.2, 0.25) is 0 Å². The zero-order chi connectivity index (χ0) is 21.0. The summed E-state index contributed by atoms with van der Waals surface area (Å²) in [6.07, 6.45) is 2.81. The first-order chi connectivity index (χ1) is 13.9. The molecule has 2 aromatic carbocycles. The van der Waals surface area contributed by atoms with E-state index in [1.165, 1.54) is 18.6 Å². The molecule has 1 heterocycles. The second-order valence-electron chi connectivity index (χ2n) is 5.75. The van der Waals surface area contributed by atoms with Gasteiger partial charge in [0, 0.05) is 24.1 Å². The molecule has 0 saturated carbocycles. The molecule has 0 amide bonds. The van der Waals surface area contributed by atoms with Crippen LogP contribution < -0.4 is 15.4 Å². The fourth-order valence-corrected chi connectivity index (χ4v) is 3.78. The summed E-state index contributed by atoms with van der Waals surface area (Å²) in [6.45, 7) is 0. The van der Waals surface area contributed by atoms with Gasteiger partial charge in [-0.05, 0) is 37.4 Å². The molecule has 0 fully saturated rings. The Kier molecular flexibility index (Phi) is 6.62. The summed E-state index contributed by atoms with van der Waals surface area (Å²) >= 11 is 0. The molecular weight excluding hydrogens is 420 g/mol. The van der Waals surface area contributed by atoms with Gasteiger partial charge in [-0.15, -0.1) is 0 Å². The summed E-state index contributed by atoms with van der Waals surface area (Å²) < 4.78 is 53.2. The fraction of sp³-hybridized carbons (Fsp3) is 0.111. The summed E-state index contributed by atoms with van der Waals surface area (Å²) in [5.41, 5.74) is 0.791. The van der Waals surface area contributed by atoms with E-state index < -0.39 is 33.4 Å². The quantitative estimate of drug-likeness (QED) is 0.525. The Morgan fingerprint density at radius 3 is 2.28 bits per heavy atom. The Hall–Kier alpha value is -2.76. The predicted octanol–water partition coefficient (Wildman–Crippen LogP) is 3.22. The lowest BCUT2D eigenvalue weighted by atomic mass is 10.3. The third-order valence-corrected chi connectivity index (χ3v) is 5.81. The van der Waals surface area contributed by atoms with E-state index >= 15 is 0 Å². The highest BCUT2D eigenvalue weighted by Gasteiger charge is 2.12. The van der Waals surface area contributed by atoms with Crippen molar-refractivity contribution in [2.45, 2.75) is 9.79 Å². The maximum absolute atomic E-state index is 13.4. The van der Waals surface area contributed by atoms with Gasteiger partial charge in [-0.1, -0.05) is 0 Å². The molecule has 2 atom stereocenters. The van der Waals surface area contributed by atoms with E-state index in [4.69, 9.17) is 0 Å². The summed E-state index contributed by atoms with van der Waals surface area (Å²) in [5.74, 6) is -1.22. The molecule has 0 saturated heterocycles. The summed E-state index contributed by atoms with van der Waals surface area (Å²) in [7, 11) is -1.15. The zero-order valence-corrected chi connectivity index (χ0v) is 17.0. The smallest absolute Gasteiger partial charge is 0.160 e. The van der Waals surface area contributed by atoms with Crippen LogP contribution in [0.5, 0.6) is 0 Å². The lowest BCUT2D eigenvalue weighted by molar-refractivity contribution is 0.509. The normalized spacial score (nSPS) is 13.0. The molecule has 3 rings (SSSR count). The van der Waals surface area contributed by atoms with Crippen LogP contribution in [0.1, 0.15) is 0 Å². The molecule has 0 spiro atoms. The van der Waals surface area contributed by atoms with Gasteiger partial charge in [-0.3, -0.25) is 4.21 Å². The number of hydrogen-bond donors (Lipinski definition) is 3. The van der Waals surface area contributed by atoms with Crippen molar-refractivity contribution in [3.63, 3.8) is 0 Å². The van der Waals surface area contributed by atoms with Crippen molar-refractivity contribution in [2.75, 3.05) is 23.9 Å². The van der Waals surface area contributed by atoms with Gasteiger partial charge in [0.1, 0.15) is 28.9 Å². The standard InChI is InChI=1S/C18H17F2N5O2S2/c1-21-29(27)12-4-6-16(28(2)26)15(8-12)25-18-9-17(22-10-23-18)24-11-3-5-13(19)14(20)7-11/h3-10,21H,1-2H3,(H2,22,23,24,25). The minimum absolute atomic E-state index is 0.315. The number of nitrogens with zero attached hydrogens (tertiary/aromatic N) is 2. The van der Waals surface area contributed by atoms with Crippen LogP contribution in [0.25, 0.3) is 0 Å². The minimum Gasteiger partial charge on any atom is -0.340 e. The molecule has 3 N–H and O–H groups in total. The fourth-order valence-electron chi connectivity index (χ4n) is 2.44. The van der Waals surface area contributed by atoms with Crippen LogP contribution in [-0.2, 0) is 21.8 Å². The van der Waals surface area contributed by atoms with Gasteiger partial charge in [0.25, 0.3) is 0 Å². The van der Waals surface area contributed by atoms with E-state index in [0.29, 0.717) is 32.8 Å². The molecule has 0 radical (unpaired) electrons. The summed E-state index contributed by atoms with van der Waals surface area (Å²) in [5, 5.41) is 5.90. The van der Waals surface area contributed by atoms with Crippen LogP contribution >= 0.6 is 0 Å². The molecule has 1 aromatic heterocycles. The van der Waals surface area contributed by atoms with Gasteiger partial charge in [0.2, 0.25) is 0 Å². The highest BCUT2D eigenvalue weighted by molar-refractivity contribution is 7.84. The first-order valence-electron chi connectivity index (χ1n) is 8.25. The lowest BCUT2D eigenvalue weighted by Crippen LogP contribution is -2.11. The van der Waals surface area contributed by atoms with E-state index in [-0.39, 0.29) is 0 Å². The van der Waals surface area contributed by atoms with Gasteiger partial charge in [-0.2, -0.15) is 0 Å². The van der Waals surface area contributed by atoms with Crippen molar-refractivity contribution < 1.29 is 17.2 Å². The number of rotatable bonds is 7.